The van der Waals surface area contributed by atoms with Crippen molar-refractivity contribution in [3.63, 3.8) is 0 Å². The van der Waals surface area contributed by atoms with Gasteiger partial charge < -0.3 is 16.0 Å². The fourth-order valence-corrected chi connectivity index (χ4v) is 4.40. The highest BCUT2D eigenvalue weighted by molar-refractivity contribution is 7.89. The average molecular weight is 431 g/mol. The molecule has 1 unspecified atom stereocenters. The largest absolute Gasteiger partial charge is 0.369 e. The maximum atomic E-state index is 12.5. The van der Waals surface area contributed by atoms with E-state index in [9.17, 15) is 18.0 Å². The standard InChI is InChI=1S/C18H27ClN4O4S/c1-22(28(26,27)16-7-5-15(19)6-8-16)13-17(24)21-9-3-11-23-10-2-4-14(12-23)18(20)25/h5-8,14H,2-4,9-13H2,1H3,(H2,20,25)(H,21,24). The third kappa shape index (κ3) is 6.44. The average Bonchev–Trinajstić information content (AvgIpc) is 2.65. The smallest absolute Gasteiger partial charge is 0.243 e. The Kier molecular flexibility index (Phi) is 8.23. The minimum absolute atomic E-state index is 0.0845. The number of benzene rings is 1. The molecule has 0 saturated carbocycles. The molecule has 1 heterocycles. The first-order valence-corrected chi connectivity index (χ1v) is 11.0. The van der Waals surface area contributed by atoms with E-state index in [1.54, 1.807) is 0 Å². The minimum Gasteiger partial charge on any atom is -0.369 e. The van der Waals surface area contributed by atoms with Gasteiger partial charge in [-0.2, -0.15) is 4.31 Å². The number of likely N-dealkylation sites (tertiary alicyclic amines) is 1. The highest BCUT2D eigenvalue weighted by Crippen LogP contribution is 2.17. The highest BCUT2D eigenvalue weighted by atomic mass is 35.5. The van der Waals surface area contributed by atoms with Crippen molar-refractivity contribution in [2.45, 2.75) is 24.2 Å². The molecule has 1 aromatic rings. The lowest BCUT2D eigenvalue weighted by atomic mass is 9.97. The van der Waals surface area contributed by atoms with Crippen molar-refractivity contribution in [3.8, 4) is 0 Å². The maximum absolute atomic E-state index is 12.5. The van der Waals surface area contributed by atoms with Crippen LogP contribution in [-0.2, 0) is 19.6 Å². The zero-order valence-corrected chi connectivity index (χ0v) is 17.5. The molecule has 0 radical (unpaired) electrons. The van der Waals surface area contributed by atoms with Crippen molar-refractivity contribution in [3.05, 3.63) is 29.3 Å². The van der Waals surface area contributed by atoms with Gasteiger partial charge in [0.1, 0.15) is 0 Å². The highest BCUT2D eigenvalue weighted by Gasteiger charge is 2.24. The van der Waals surface area contributed by atoms with Gasteiger partial charge in [0.25, 0.3) is 0 Å². The maximum Gasteiger partial charge on any atom is 0.243 e. The van der Waals surface area contributed by atoms with Crippen molar-refractivity contribution >= 4 is 33.4 Å². The Balaban J connectivity index is 1.73. The van der Waals surface area contributed by atoms with E-state index in [-0.39, 0.29) is 29.2 Å². The van der Waals surface area contributed by atoms with E-state index in [0.717, 1.165) is 30.2 Å². The number of rotatable bonds is 9. The second-order valence-corrected chi connectivity index (χ2v) is 9.44. The second kappa shape index (κ2) is 10.2. The number of sulfonamides is 1. The Labute approximate surface area is 171 Å². The number of amides is 2. The number of nitrogens with zero attached hydrogens (tertiary/aromatic N) is 2. The Morgan fingerprint density at radius 2 is 2.00 bits per heavy atom. The summed E-state index contributed by atoms with van der Waals surface area (Å²) in [6.07, 6.45) is 2.48. The Morgan fingerprint density at radius 3 is 2.64 bits per heavy atom. The third-order valence-corrected chi connectivity index (χ3v) is 6.84. The number of halogens is 1. The Bertz CT molecular complexity index is 785. The molecule has 28 heavy (non-hydrogen) atoms. The third-order valence-electron chi connectivity index (χ3n) is 4.77. The number of nitrogens with two attached hydrogens (primary N) is 1. The summed E-state index contributed by atoms with van der Waals surface area (Å²) >= 11 is 5.78. The number of hydrogen-bond acceptors (Lipinski definition) is 5. The number of hydrogen-bond donors (Lipinski definition) is 2. The molecule has 1 saturated heterocycles. The Hall–Kier alpha value is -1.68. The second-order valence-electron chi connectivity index (χ2n) is 6.96. The lowest BCUT2D eigenvalue weighted by molar-refractivity contribution is -0.123. The summed E-state index contributed by atoms with van der Waals surface area (Å²) in [5, 5.41) is 3.18. The zero-order chi connectivity index (χ0) is 20.7. The molecule has 156 valence electrons. The molecular weight excluding hydrogens is 404 g/mol. The van der Waals surface area contributed by atoms with Crippen molar-refractivity contribution < 1.29 is 18.0 Å². The monoisotopic (exact) mass is 430 g/mol. The molecule has 0 bridgehead atoms. The fourth-order valence-electron chi connectivity index (χ4n) is 3.15. The van der Waals surface area contributed by atoms with Crippen LogP contribution in [0.4, 0.5) is 0 Å². The van der Waals surface area contributed by atoms with Gasteiger partial charge in [0.15, 0.2) is 0 Å². The molecule has 3 N–H and O–H groups in total. The van der Waals surface area contributed by atoms with Gasteiger partial charge >= 0.3 is 0 Å². The van der Waals surface area contributed by atoms with Crippen LogP contribution in [0.15, 0.2) is 29.2 Å². The SMILES string of the molecule is CN(CC(=O)NCCCN1CCCC(C(N)=O)C1)S(=O)(=O)c1ccc(Cl)cc1. The molecule has 1 aromatic carbocycles. The van der Waals surface area contributed by atoms with Crippen molar-refractivity contribution in [2.24, 2.45) is 11.7 Å². The molecule has 1 fully saturated rings. The molecular formula is C18H27ClN4O4S. The molecule has 8 nitrogen and oxygen atoms in total. The summed E-state index contributed by atoms with van der Waals surface area (Å²) in [5.74, 6) is -0.730. The molecule has 10 heteroatoms. The number of nitrogens with one attached hydrogen (secondary N) is 1. The van der Waals surface area contributed by atoms with E-state index in [4.69, 9.17) is 17.3 Å². The first-order chi connectivity index (χ1) is 13.2. The van der Waals surface area contributed by atoms with Gasteiger partial charge in [-0.05, 0) is 56.6 Å². The normalized spacial score (nSPS) is 18.2. The minimum atomic E-state index is -3.75. The van der Waals surface area contributed by atoms with Crippen LogP contribution in [0.25, 0.3) is 0 Å². The topological polar surface area (TPSA) is 113 Å². The van der Waals surface area contributed by atoms with Crippen LogP contribution >= 0.6 is 11.6 Å². The van der Waals surface area contributed by atoms with Gasteiger partial charge in [0.05, 0.1) is 17.4 Å². The number of likely N-dealkylation sites (N-methyl/N-ethyl adjacent to an activating group) is 1. The van der Waals surface area contributed by atoms with E-state index in [1.165, 1.54) is 31.3 Å². The molecule has 1 atom stereocenters. The van der Waals surface area contributed by atoms with Crippen LogP contribution < -0.4 is 11.1 Å². The lowest BCUT2D eigenvalue weighted by Crippen LogP contribution is -2.42. The van der Waals surface area contributed by atoms with E-state index in [1.807, 2.05) is 0 Å². The van der Waals surface area contributed by atoms with Crippen LogP contribution in [0.1, 0.15) is 19.3 Å². The summed E-state index contributed by atoms with van der Waals surface area (Å²) in [6.45, 7) is 2.50. The van der Waals surface area contributed by atoms with E-state index >= 15 is 0 Å². The van der Waals surface area contributed by atoms with E-state index in [0.29, 0.717) is 24.5 Å². The Morgan fingerprint density at radius 1 is 1.32 bits per heavy atom. The summed E-state index contributed by atoms with van der Waals surface area (Å²) in [5.41, 5.74) is 5.37. The van der Waals surface area contributed by atoms with Crippen LogP contribution in [0.3, 0.4) is 0 Å². The van der Waals surface area contributed by atoms with Gasteiger partial charge in [-0.25, -0.2) is 8.42 Å². The van der Waals surface area contributed by atoms with E-state index in [2.05, 4.69) is 10.2 Å². The molecule has 0 aromatic heterocycles. The number of piperidine rings is 1. The number of carbonyl (C=O) groups is 2. The lowest BCUT2D eigenvalue weighted by Gasteiger charge is -2.31. The van der Waals surface area contributed by atoms with Gasteiger partial charge in [-0.15, -0.1) is 0 Å². The number of carbonyl (C=O) groups excluding carboxylic acids is 2. The van der Waals surface area contributed by atoms with Gasteiger partial charge in [0.2, 0.25) is 21.8 Å². The number of primary amides is 1. The van der Waals surface area contributed by atoms with Gasteiger partial charge in [-0.1, -0.05) is 11.6 Å². The predicted octanol–water partition coefficient (Wildman–Crippen LogP) is 0.664. The summed E-state index contributed by atoms with van der Waals surface area (Å²) in [4.78, 5) is 25.6. The predicted molar refractivity (Wildman–Crippen MR) is 107 cm³/mol. The fraction of sp³-hybridized carbons (Fsp3) is 0.556. The van der Waals surface area contributed by atoms with Crippen LogP contribution in [-0.4, -0.2) is 69.2 Å². The first kappa shape index (κ1) is 22.6. The van der Waals surface area contributed by atoms with Crippen LogP contribution in [0.5, 0.6) is 0 Å². The van der Waals surface area contributed by atoms with Crippen molar-refractivity contribution in [1.29, 1.82) is 0 Å². The molecule has 2 amide bonds. The first-order valence-electron chi connectivity index (χ1n) is 9.20. The quantitative estimate of drug-likeness (QED) is 0.559. The van der Waals surface area contributed by atoms with Gasteiger partial charge in [-0.3, -0.25) is 9.59 Å². The van der Waals surface area contributed by atoms with Crippen LogP contribution in [0, 0.1) is 5.92 Å². The summed E-state index contributed by atoms with van der Waals surface area (Å²) < 4.78 is 25.9. The van der Waals surface area contributed by atoms with Crippen molar-refractivity contribution in [1.82, 2.24) is 14.5 Å². The zero-order valence-electron chi connectivity index (χ0n) is 15.9. The molecule has 1 aliphatic rings. The molecule has 0 aliphatic carbocycles. The van der Waals surface area contributed by atoms with Crippen molar-refractivity contribution in [2.75, 3.05) is 39.8 Å². The molecule has 0 spiro atoms. The van der Waals surface area contributed by atoms with E-state index < -0.39 is 10.0 Å². The summed E-state index contributed by atoms with van der Waals surface area (Å²) in [6, 6.07) is 5.80. The molecule has 1 aliphatic heterocycles. The summed E-state index contributed by atoms with van der Waals surface area (Å²) in [7, 11) is -2.39. The van der Waals surface area contributed by atoms with Gasteiger partial charge in [0, 0.05) is 25.2 Å². The van der Waals surface area contributed by atoms with Crippen LogP contribution in [0.2, 0.25) is 5.02 Å². The molecule has 2 rings (SSSR count).